The molecule has 0 amide bonds. The third kappa shape index (κ3) is 11.9. The van der Waals surface area contributed by atoms with Crippen LogP contribution in [0.5, 0.6) is 23.0 Å². The number of anilines is 1. The van der Waals surface area contributed by atoms with Crippen molar-refractivity contribution in [3.63, 3.8) is 0 Å². The predicted molar refractivity (Wildman–Crippen MR) is 368 cm³/mol. The molecule has 0 fully saturated rings. The van der Waals surface area contributed by atoms with E-state index in [1.54, 1.807) is 37.6 Å². The summed E-state index contributed by atoms with van der Waals surface area (Å²) in [7, 11) is 0. The first-order chi connectivity index (χ1) is 46.2. The van der Waals surface area contributed by atoms with E-state index in [4.69, 9.17) is 63.1 Å². The number of benzene rings is 8. The first kappa shape index (κ1) is 59.6. The maximum atomic E-state index is 5.56. The van der Waals surface area contributed by atoms with E-state index in [1.807, 2.05) is 134 Å². The summed E-state index contributed by atoms with van der Waals surface area (Å²) in [5.74, 6) is 5.10. The molecular weight excluding hydrogens is 1200 g/mol. The molecule has 0 saturated heterocycles. The quantitative estimate of drug-likeness (QED) is 0.150. The van der Waals surface area contributed by atoms with Crippen LogP contribution in [0.25, 0.3) is 121 Å². The number of oxazole rings is 2. The molecule has 3 aliphatic heterocycles. The lowest BCUT2D eigenvalue weighted by molar-refractivity contribution is 0.174. The van der Waals surface area contributed by atoms with Crippen LogP contribution >= 0.6 is 0 Å². The van der Waals surface area contributed by atoms with E-state index in [9.17, 15) is 0 Å². The molecule has 3 aliphatic rings. The highest BCUT2D eigenvalue weighted by atomic mass is 16.7. The van der Waals surface area contributed by atoms with Gasteiger partial charge >= 0.3 is 0 Å². The van der Waals surface area contributed by atoms with Gasteiger partial charge in [-0.3, -0.25) is 0 Å². The highest BCUT2D eigenvalue weighted by Gasteiger charge is 2.19. The van der Waals surface area contributed by atoms with Crippen LogP contribution in [-0.4, -0.2) is 36.5 Å². The van der Waals surface area contributed by atoms with Gasteiger partial charge in [0.05, 0.1) is 56.1 Å². The molecule has 0 atom stereocenters. The Kier molecular flexibility index (Phi) is 15.5. The summed E-state index contributed by atoms with van der Waals surface area (Å²) in [6.07, 6.45) is 14.8. The molecule has 10 aromatic heterocycles. The maximum absolute atomic E-state index is 5.56. The normalized spacial score (nSPS) is 12.7. The Hall–Kier alpha value is -11.7. The lowest BCUT2D eigenvalue weighted by Crippen LogP contribution is -2.17. The first-order valence-corrected chi connectivity index (χ1v) is 31.2. The summed E-state index contributed by atoms with van der Waals surface area (Å²) in [6.45, 7) is 20.7. The Morgan fingerprint density at radius 1 is 0.347 bits per heavy atom. The van der Waals surface area contributed by atoms with Gasteiger partial charge < -0.3 is 68.4 Å². The molecule has 0 spiro atoms. The fourth-order valence-corrected chi connectivity index (χ4v) is 12.0. The van der Waals surface area contributed by atoms with Gasteiger partial charge in [-0.15, -0.1) is 0 Å². The molecule has 0 radical (unpaired) electrons. The number of nitrogens with zero attached hydrogens (tertiary/aromatic N) is 2. The van der Waals surface area contributed by atoms with E-state index in [2.05, 4.69) is 65.5 Å². The Morgan fingerprint density at radius 2 is 0.811 bits per heavy atom. The van der Waals surface area contributed by atoms with Crippen molar-refractivity contribution in [2.75, 3.05) is 31.9 Å². The van der Waals surface area contributed by atoms with Gasteiger partial charge in [-0.1, -0.05) is 24.3 Å². The second-order valence-electron chi connectivity index (χ2n) is 24.0. The van der Waals surface area contributed by atoms with E-state index in [-0.39, 0.29) is 0 Å². The molecule has 13 heterocycles. The van der Waals surface area contributed by atoms with Crippen molar-refractivity contribution >= 4 is 126 Å². The van der Waals surface area contributed by atoms with Gasteiger partial charge in [-0.2, -0.15) is 0 Å². The zero-order valence-electron chi connectivity index (χ0n) is 53.7. The van der Waals surface area contributed by atoms with Crippen LogP contribution in [0, 0.1) is 62.3 Å². The molecule has 18 aromatic rings. The Bertz CT molecular complexity index is 5640. The van der Waals surface area contributed by atoms with Gasteiger partial charge in [0.2, 0.25) is 6.79 Å². The minimum atomic E-state index is 0.307. The van der Waals surface area contributed by atoms with Crippen molar-refractivity contribution < 1.29 is 63.1 Å². The molecule has 17 nitrogen and oxygen atoms in total. The van der Waals surface area contributed by atoms with Crippen molar-refractivity contribution in [3.05, 3.63) is 222 Å². The molecule has 8 aromatic carbocycles. The third-order valence-corrected chi connectivity index (χ3v) is 17.2. The van der Waals surface area contributed by atoms with Crippen LogP contribution < -0.4 is 24.3 Å². The Labute approximate surface area is 542 Å². The number of fused-ring (bicyclic) bond motifs is 14. The van der Waals surface area contributed by atoms with Gasteiger partial charge in [0.15, 0.2) is 34.9 Å². The van der Waals surface area contributed by atoms with Crippen LogP contribution in [0.4, 0.5) is 5.69 Å². The number of hydrogen-bond donors (Lipinski definition) is 1. The molecule has 0 aliphatic carbocycles. The monoisotopic (exact) mass is 1270 g/mol. The minimum absolute atomic E-state index is 0.307. The van der Waals surface area contributed by atoms with Crippen LogP contribution in [-0.2, 0) is 6.42 Å². The first-order valence-electron chi connectivity index (χ1n) is 31.2. The number of hydrogen-bond acceptors (Lipinski definition) is 17. The van der Waals surface area contributed by atoms with Crippen molar-refractivity contribution in [1.82, 2.24) is 9.97 Å². The zero-order chi connectivity index (χ0) is 65.0. The smallest absolute Gasteiger partial charge is 0.231 e. The summed E-state index contributed by atoms with van der Waals surface area (Å²) in [5, 5.41) is 14.8. The summed E-state index contributed by atoms with van der Waals surface area (Å²) < 4.78 is 75.5. The number of ether oxygens (including phenoxy) is 4. The second kappa shape index (κ2) is 24.7. The van der Waals surface area contributed by atoms with E-state index < -0.39 is 0 Å². The summed E-state index contributed by atoms with van der Waals surface area (Å²) in [4.78, 5) is 8.30. The van der Waals surface area contributed by atoms with Crippen molar-refractivity contribution in [2.45, 2.75) is 68.7 Å². The van der Waals surface area contributed by atoms with Crippen LogP contribution in [0.2, 0.25) is 0 Å². The summed E-state index contributed by atoms with van der Waals surface area (Å²) >= 11 is 0. The van der Waals surface area contributed by atoms with Gasteiger partial charge in [0.25, 0.3) is 0 Å². The Balaban J connectivity index is 0.0000000912. The van der Waals surface area contributed by atoms with Crippen LogP contribution in [0.1, 0.15) is 56.2 Å². The standard InChI is InChI=1S/C13H10O.C12H10O2.C11H9NO2.C11H11NO2.C11H10O2.C10H7NO2.C10H8O3/c1-9-8-14-13-7-11-5-3-2-4-10(11)6-12(9)13;1-7-6-13-12-4-9-3-8(2)14-11(9)5-10(7)12;1-6-5-13-10-4-9-11(3-8(6)10)14-7(2)12-9;1-7-6-14-10-5-9-11(4-8(7)10)13-3-2-12-9;1-7-6-13-11-5-10-8(2-3-12-10)4-9(7)11;1-6-4-12-9-3-8-10(2-7(6)9)13-5-11-8;1-6-4-11-8-3-10-9(2-7(6)8)12-5-13-10/h2-8H,1H3;3-6H,1-2H3;3-5H,1-2H3;4-6,12H,2-3H2,1H3;4-6H,2-3H2,1H3;2-5H,1H3;2-4H,5H2,1H3. The molecule has 0 unspecified atom stereocenters. The molecule has 1 N–H and O–H groups in total. The molecule has 17 heteroatoms. The van der Waals surface area contributed by atoms with Crippen molar-refractivity contribution in [2.24, 2.45) is 0 Å². The van der Waals surface area contributed by atoms with Crippen molar-refractivity contribution in [3.8, 4) is 23.0 Å². The maximum Gasteiger partial charge on any atom is 0.231 e. The molecular formula is C78H65N3O14. The fraction of sp³-hybridized carbons (Fsp3) is 0.179. The number of furan rings is 8. The summed E-state index contributed by atoms with van der Waals surface area (Å²) in [6, 6.07) is 38.4. The van der Waals surface area contributed by atoms with Crippen molar-refractivity contribution in [1.29, 1.82) is 0 Å². The van der Waals surface area contributed by atoms with Gasteiger partial charge in [-0.25, -0.2) is 9.97 Å². The minimum Gasteiger partial charge on any atom is -0.493 e. The van der Waals surface area contributed by atoms with Crippen LogP contribution in [0.15, 0.2) is 210 Å². The molecule has 21 rings (SSSR count). The average Bonchev–Trinajstić information content (AvgIpc) is 1.69. The largest absolute Gasteiger partial charge is 0.493 e. The third-order valence-electron chi connectivity index (χ3n) is 17.2. The zero-order valence-corrected chi connectivity index (χ0v) is 53.7. The van der Waals surface area contributed by atoms with E-state index in [1.165, 1.54) is 44.6 Å². The van der Waals surface area contributed by atoms with E-state index in [0.717, 1.165) is 188 Å². The van der Waals surface area contributed by atoms with E-state index in [0.29, 0.717) is 12.7 Å². The fourth-order valence-electron chi connectivity index (χ4n) is 12.0. The summed E-state index contributed by atoms with van der Waals surface area (Å²) in [5.41, 5.74) is 20.9. The highest BCUT2D eigenvalue weighted by molar-refractivity contribution is 5.98. The lowest BCUT2D eigenvalue weighted by atomic mass is 10.1. The van der Waals surface area contributed by atoms with Gasteiger partial charge in [0.1, 0.15) is 79.6 Å². The number of aromatic nitrogens is 2. The highest BCUT2D eigenvalue weighted by Crippen LogP contribution is 2.39. The van der Waals surface area contributed by atoms with E-state index >= 15 is 0 Å². The number of aryl methyl sites for hydroxylation is 9. The lowest BCUT2D eigenvalue weighted by Gasteiger charge is -2.18. The topological polar surface area (TPSA) is 206 Å². The number of nitrogens with one attached hydrogen (secondary N) is 1. The molecule has 0 bridgehead atoms. The Morgan fingerprint density at radius 3 is 1.43 bits per heavy atom. The second-order valence-corrected chi connectivity index (χ2v) is 24.0. The average molecular weight is 1270 g/mol. The molecule has 95 heavy (non-hydrogen) atoms. The van der Waals surface area contributed by atoms with Gasteiger partial charge in [-0.05, 0) is 171 Å². The number of rotatable bonds is 0. The molecule has 0 saturated carbocycles. The SMILES string of the molecule is Cc1cc2cc3occ(C)c3cc2o1.Cc1coc2cc3c(cc12)CCO3.Cc1coc2cc3c(cc12)OCCN3.Cc1coc2cc3c(cc12)OCO3.Cc1coc2cc3ccccc3cc12.Cc1coc2cc3ncoc3cc12.Cc1nc2cc3occ(C)c3cc2o1. The predicted octanol–water partition coefficient (Wildman–Crippen LogP) is 21.5. The van der Waals surface area contributed by atoms with Crippen LogP contribution in [0.3, 0.4) is 0 Å². The van der Waals surface area contributed by atoms with Gasteiger partial charge in [0, 0.05) is 93.3 Å². The molecule has 476 valence electrons.